The van der Waals surface area contributed by atoms with Crippen molar-refractivity contribution in [3.8, 4) is 0 Å². The van der Waals surface area contributed by atoms with Crippen LogP contribution in [-0.4, -0.2) is 30.6 Å². The Bertz CT molecular complexity index is 236. The van der Waals surface area contributed by atoms with Crippen molar-refractivity contribution in [1.29, 1.82) is 0 Å². The molecule has 0 aromatic rings. The van der Waals surface area contributed by atoms with E-state index >= 15 is 0 Å². The molecule has 0 saturated heterocycles. The maximum Gasteiger partial charge on any atom is 0.215 e. The number of aliphatic hydroxyl groups excluding tert-OH is 1. The van der Waals surface area contributed by atoms with Gasteiger partial charge >= 0.3 is 0 Å². The normalized spacial score (nSPS) is 21.5. The van der Waals surface area contributed by atoms with Crippen molar-refractivity contribution in [3.05, 3.63) is 11.4 Å². The van der Waals surface area contributed by atoms with E-state index in [0.717, 1.165) is 19.4 Å². The maximum absolute atomic E-state index is 11.0. The van der Waals surface area contributed by atoms with Crippen LogP contribution in [0, 0.1) is 0 Å². The zero-order valence-electron chi connectivity index (χ0n) is 8.05. The summed E-state index contributed by atoms with van der Waals surface area (Å²) in [6.45, 7) is 2.90. The minimum Gasteiger partial charge on any atom is -0.384 e. The second-order valence-corrected chi connectivity index (χ2v) is 3.09. The highest BCUT2D eigenvalue weighted by Gasteiger charge is 2.36. The number of rotatable bonds is 5. The molecule has 3 N–H and O–H groups in total. The third kappa shape index (κ3) is 1.83. The molecular formula is C9H16N2O2. The van der Waals surface area contributed by atoms with Gasteiger partial charge in [-0.1, -0.05) is 13.3 Å². The van der Waals surface area contributed by atoms with Gasteiger partial charge in [0.2, 0.25) is 5.78 Å². The molecule has 1 unspecified atom stereocenters. The highest BCUT2D eigenvalue weighted by Crippen LogP contribution is 2.19. The standard InChI is InChI=1S/C9H16N2O2/c1-3-4-5-11-7-6(10-2)8(12)9(7)13/h9-11,13H,3-5H2,1-2H3. The third-order valence-electron chi connectivity index (χ3n) is 2.13. The SMILES string of the molecule is CCCCNC1=C(NC)C(=O)C1O. The largest absolute Gasteiger partial charge is 0.384 e. The van der Waals surface area contributed by atoms with E-state index in [9.17, 15) is 9.90 Å². The third-order valence-corrected chi connectivity index (χ3v) is 2.13. The Morgan fingerprint density at radius 3 is 2.77 bits per heavy atom. The van der Waals surface area contributed by atoms with Gasteiger partial charge in [0.15, 0.2) is 6.10 Å². The molecule has 4 nitrogen and oxygen atoms in total. The Balaban J connectivity index is 2.48. The van der Waals surface area contributed by atoms with Gasteiger partial charge in [0.05, 0.1) is 5.70 Å². The lowest BCUT2D eigenvalue weighted by atomic mass is 9.95. The highest BCUT2D eigenvalue weighted by molar-refractivity contribution is 6.07. The van der Waals surface area contributed by atoms with Crippen LogP contribution in [0.25, 0.3) is 0 Å². The van der Waals surface area contributed by atoms with Gasteiger partial charge in [-0.3, -0.25) is 4.79 Å². The van der Waals surface area contributed by atoms with Crippen molar-refractivity contribution in [2.75, 3.05) is 13.6 Å². The molecule has 1 aliphatic rings. The molecule has 0 radical (unpaired) electrons. The number of Topliss-reactive ketones (excluding diaryl/α,β-unsaturated/α-hetero) is 1. The van der Waals surface area contributed by atoms with E-state index in [1.165, 1.54) is 0 Å². The van der Waals surface area contributed by atoms with Gasteiger partial charge < -0.3 is 15.7 Å². The fraction of sp³-hybridized carbons (Fsp3) is 0.667. The van der Waals surface area contributed by atoms with E-state index in [0.29, 0.717) is 11.4 Å². The second kappa shape index (κ2) is 4.28. The predicted octanol–water partition coefficient (Wildman–Crippen LogP) is -0.249. The summed E-state index contributed by atoms with van der Waals surface area (Å²) >= 11 is 0. The molecule has 0 bridgehead atoms. The molecule has 0 aromatic carbocycles. The number of aliphatic hydroxyl groups is 1. The van der Waals surface area contributed by atoms with Gasteiger partial charge in [-0.05, 0) is 6.42 Å². The van der Waals surface area contributed by atoms with E-state index < -0.39 is 6.10 Å². The molecule has 0 fully saturated rings. The van der Waals surface area contributed by atoms with Gasteiger partial charge in [0.1, 0.15) is 5.70 Å². The minimum atomic E-state index is -0.931. The average Bonchev–Trinajstić information content (AvgIpc) is 2.16. The summed E-state index contributed by atoms with van der Waals surface area (Å²) in [7, 11) is 1.68. The van der Waals surface area contributed by atoms with E-state index in [2.05, 4.69) is 17.6 Å². The predicted molar refractivity (Wildman–Crippen MR) is 50.0 cm³/mol. The van der Waals surface area contributed by atoms with Crippen LogP contribution in [0.3, 0.4) is 0 Å². The summed E-state index contributed by atoms with van der Waals surface area (Å²) in [6.07, 6.45) is 1.21. The van der Waals surface area contributed by atoms with Gasteiger partial charge in [-0.15, -0.1) is 0 Å². The second-order valence-electron chi connectivity index (χ2n) is 3.09. The molecule has 74 valence electrons. The summed E-state index contributed by atoms with van der Waals surface area (Å²) in [5, 5.41) is 15.1. The van der Waals surface area contributed by atoms with Gasteiger partial charge in [-0.25, -0.2) is 0 Å². The number of unbranched alkanes of at least 4 members (excludes halogenated alkanes) is 1. The van der Waals surface area contributed by atoms with Crippen LogP contribution in [0.2, 0.25) is 0 Å². The first-order chi connectivity index (χ1) is 6.22. The van der Waals surface area contributed by atoms with E-state index in [1.807, 2.05) is 0 Å². The summed E-state index contributed by atoms with van der Waals surface area (Å²) in [5.74, 6) is -0.221. The van der Waals surface area contributed by atoms with Crippen molar-refractivity contribution in [3.63, 3.8) is 0 Å². The van der Waals surface area contributed by atoms with Gasteiger partial charge in [0.25, 0.3) is 0 Å². The first kappa shape index (κ1) is 10.1. The number of ketones is 1. The van der Waals surface area contributed by atoms with Crippen LogP contribution in [0.4, 0.5) is 0 Å². The summed E-state index contributed by atoms with van der Waals surface area (Å²) in [6, 6.07) is 0. The molecule has 1 aliphatic carbocycles. The lowest BCUT2D eigenvalue weighted by Gasteiger charge is -2.28. The molecule has 0 heterocycles. The lowest BCUT2D eigenvalue weighted by Crippen LogP contribution is -2.47. The van der Waals surface area contributed by atoms with Gasteiger partial charge in [0, 0.05) is 13.6 Å². The molecule has 0 saturated carbocycles. The Morgan fingerprint density at radius 1 is 1.54 bits per heavy atom. The number of nitrogens with one attached hydrogen (secondary N) is 2. The van der Waals surface area contributed by atoms with Crippen LogP contribution in [0.15, 0.2) is 11.4 Å². The quantitative estimate of drug-likeness (QED) is 0.516. The maximum atomic E-state index is 11.0. The van der Waals surface area contributed by atoms with Crippen molar-refractivity contribution in [2.45, 2.75) is 25.9 Å². The molecule has 13 heavy (non-hydrogen) atoms. The van der Waals surface area contributed by atoms with Crippen LogP contribution < -0.4 is 10.6 Å². The Morgan fingerprint density at radius 2 is 2.23 bits per heavy atom. The Labute approximate surface area is 78.0 Å². The number of hydrogen-bond donors (Lipinski definition) is 3. The van der Waals surface area contributed by atoms with Crippen LogP contribution in [0.1, 0.15) is 19.8 Å². The van der Waals surface area contributed by atoms with Crippen molar-refractivity contribution >= 4 is 5.78 Å². The van der Waals surface area contributed by atoms with Crippen LogP contribution in [-0.2, 0) is 4.79 Å². The summed E-state index contributed by atoms with van der Waals surface area (Å²) < 4.78 is 0. The fourth-order valence-electron chi connectivity index (χ4n) is 1.30. The van der Waals surface area contributed by atoms with Crippen LogP contribution >= 0.6 is 0 Å². The molecule has 1 rings (SSSR count). The van der Waals surface area contributed by atoms with Crippen molar-refractivity contribution in [1.82, 2.24) is 10.6 Å². The molecule has 0 aliphatic heterocycles. The minimum absolute atomic E-state index is 0.221. The number of carbonyl (C=O) groups is 1. The smallest absolute Gasteiger partial charge is 0.215 e. The lowest BCUT2D eigenvalue weighted by molar-refractivity contribution is -0.125. The number of carbonyl (C=O) groups excluding carboxylic acids is 1. The molecular weight excluding hydrogens is 168 g/mol. The molecule has 4 heteroatoms. The van der Waals surface area contributed by atoms with E-state index in [4.69, 9.17) is 0 Å². The first-order valence-corrected chi connectivity index (χ1v) is 4.60. The van der Waals surface area contributed by atoms with E-state index in [-0.39, 0.29) is 5.78 Å². The first-order valence-electron chi connectivity index (χ1n) is 4.60. The summed E-state index contributed by atoms with van der Waals surface area (Å²) in [4.78, 5) is 11.0. The molecule has 0 amide bonds. The average molecular weight is 184 g/mol. The Hall–Kier alpha value is -1.03. The Kier molecular flexibility index (Phi) is 3.31. The number of likely N-dealkylation sites (N-methyl/N-ethyl adjacent to an activating group) is 1. The van der Waals surface area contributed by atoms with E-state index in [1.54, 1.807) is 7.05 Å². The number of hydrogen-bond acceptors (Lipinski definition) is 4. The zero-order chi connectivity index (χ0) is 9.84. The van der Waals surface area contributed by atoms with Crippen molar-refractivity contribution < 1.29 is 9.90 Å². The molecule has 1 atom stereocenters. The fourth-order valence-corrected chi connectivity index (χ4v) is 1.30. The monoisotopic (exact) mass is 184 g/mol. The molecule has 0 spiro atoms. The molecule has 0 aromatic heterocycles. The summed E-state index contributed by atoms with van der Waals surface area (Å²) in [5.41, 5.74) is 1.16. The van der Waals surface area contributed by atoms with Crippen LogP contribution in [0.5, 0.6) is 0 Å². The highest BCUT2D eigenvalue weighted by atomic mass is 16.3. The van der Waals surface area contributed by atoms with Gasteiger partial charge in [-0.2, -0.15) is 0 Å². The van der Waals surface area contributed by atoms with Crippen molar-refractivity contribution in [2.24, 2.45) is 0 Å². The zero-order valence-corrected chi connectivity index (χ0v) is 8.05. The topological polar surface area (TPSA) is 61.4 Å².